The Morgan fingerprint density at radius 2 is 1.64 bits per heavy atom. The van der Waals surface area contributed by atoms with E-state index in [1.165, 1.54) is 0 Å². The third kappa shape index (κ3) is 4.05. The summed E-state index contributed by atoms with van der Waals surface area (Å²) >= 11 is 3.53. The Bertz CT molecular complexity index is 1070. The van der Waals surface area contributed by atoms with Gasteiger partial charge in [0.05, 0.1) is 0 Å². The Morgan fingerprint density at radius 1 is 0.929 bits per heavy atom. The smallest absolute Gasteiger partial charge is 0.363 e. The molecule has 0 radical (unpaired) electrons. The second-order valence-corrected chi connectivity index (χ2v) is 6.97. The minimum Gasteiger partial charge on any atom is -0.488 e. The minimum absolute atomic E-state index is 0.246. The molecule has 3 aromatic carbocycles. The Labute approximate surface area is 171 Å². The normalized spacial score (nSPS) is 14.7. The van der Waals surface area contributed by atoms with Gasteiger partial charge in [-0.05, 0) is 30.3 Å². The van der Waals surface area contributed by atoms with E-state index in [0.717, 1.165) is 21.2 Å². The first-order valence-corrected chi connectivity index (χ1v) is 9.53. The van der Waals surface area contributed by atoms with Crippen LogP contribution < -0.4 is 4.74 Å². The van der Waals surface area contributed by atoms with Crippen LogP contribution in [0.4, 0.5) is 0 Å². The van der Waals surface area contributed by atoms with E-state index in [9.17, 15) is 4.79 Å². The van der Waals surface area contributed by atoms with Crippen molar-refractivity contribution in [2.45, 2.75) is 6.61 Å². The van der Waals surface area contributed by atoms with Gasteiger partial charge in [-0.25, -0.2) is 9.79 Å². The summed E-state index contributed by atoms with van der Waals surface area (Å²) in [6.07, 6.45) is 1.69. The molecule has 0 amide bonds. The maximum absolute atomic E-state index is 12.2. The molecular weight excluding hydrogens is 418 g/mol. The Balaban J connectivity index is 1.59. The summed E-state index contributed by atoms with van der Waals surface area (Å²) < 4.78 is 12.3. The highest BCUT2D eigenvalue weighted by atomic mass is 79.9. The van der Waals surface area contributed by atoms with Gasteiger partial charge in [0.1, 0.15) is 12.4 Å². The molecule has 0 atom stereocenters. The zero-order valence-corrected chi connectivity index (χ0v) is 16.4. The van der Waals surface area contributed by atoms with Crippen molar-refractivity contribution in [1.29, 1.82) is 0 Å². The van der Waals surface area contributed by atoms with E-state index < -0.39 is 5.97 Å². The zero-order chi connectivity index (χ0) is 19.3. The molecule has 0 bridgehead atoms. The van der Waals surface area contributed by atoms with E-state index in [1.807, 2.05) is 78.9 Å². The lowest BCUT2D eigenvalue weighted by atomic mass is 10.1. The number of ether oxygens (including phenoxy) is 2. The Morgan fingerprint density at radius 3 is 2.46 bits per heavy atom. The minimum atomic E-state index is -0.473. The molecule has 0 saturated heterocycles. The van der Waals surface area contributed by atoms with Gasteiger partial charge in [0, 0.05) is 21.2 Å². The average molecular weight is 434 g/mol. The standard InChI is InChI=1S/C23H16BrNO3/c24-19-12-6-4-11-18(19)15-27-21-13-7-5-10-17(21)14-20-23(26)28-22(25-20)16-8-2-1-3-9-16/h1-14H,15H2/b20-14-. The quantitative estimate of drug-likeness (QED) is 0.401. The lowest BCUT2D eigenvalue weighted by Crippen LogP contribution is -2.05. The number of para-hydroxylation sites is 1. The van der Waals surface area contributed by atoms with Gasteiger partial charge in [-0.15, -0.1) is 0 Å². The number of nitrogens with zero attached hydrogens (tertiary/aromatic N) is 1. The van der Waals surface area contributed by atoms with Crippen molar-refractivity contribution in [2.24, 2.45) is 4.99 Å². The molecule has 1 aliphatic rings. The van der Waals surface area contributed by atoms with Crippen molar-refractivity contribution in [2.75, 3.05) is 0 Å². The number of benzene rings is 3. The molecule has 1 aliphatic heterocycles. The van der Waals surface area contributed by atoms with Crippen LogP contribution in [0.3, 0.4) is 0 Å². The predicted octanol–water partition coefficient (Wildman–Crippen LogP) is 5.37. The van der Waals surface area contributed by atoms with Crippen molar-refractivity contribution in [1.82, 2.24) is 0 Å². The molecule has 0 saturated carbocycles. The number of aliphatic imine (C=N–C) groups is 1. The lowest BCUT2D eigenvalue weighted by molar-refractivity contribution is -0.129. The monoisotopic (exact) mass is 433 g/mol. The summed E-state index contributed by atoms with van der Waals surface area (Å²) in [5, 5.41) is 0. The van der Waals surface area contributed by atoms with Crippen LogP contribution in [0, 0.1) is 0 Å². The molecule has 3 aromatic rings. The SMILES string of the molecule is O=C1OC(c2ccccc2)=N/C1=C\c1ccccc1OCc1ccccc1Br. The topological polar surface area (TPSA) is 47.9 Å². The van der Waals surface area contributed by atoms with Crippen LogP contribution in [0.2, 0.25) is 0 Å². The van der Waals surface area contributed by atoms with Crippen LogP contribution in [0.1, 0.15) is 16.7 Å². The van der Waals surface area contributed by atoms with Crippen molar-refractivity contribution < 1.29 is 14.3 Å². The molecular formula is C23H16BrNO3. The molecule has 4 rings (SSSR count). The summed E-state index contributed by atoms with van der Waals surface area (Å²) in [4.78, 5) is 16.6. The predicted molar refractivity (Wildman–Crippen MR) is 112 cm³/mol. The Kier molecular flexibility index (Phi) is 5.35. The summed E-state index contributed by atoms with van der Waals surface area (Å²) in [6.45, 7) is 0.407. The molecule has 138 valence electrons. The van der Waals surface area contributed by atoms with Crippen molar-refractivity contribution in [3.05, 3.63) is 106 Å². The van der Waals surface area contributed by atoms with Crippen LogP contribution in [0.25, 0.3) is 6.08 Å². The molecule has 0 fully saturated rings. The summed E-state index contributed by atoms with van der Waals surface area (Å²) in [5.74, 6) is 0.504. The van der Waals surface area contributed by atoms with E-state index >= 15 is 0 Å². The highest BCUT2D eigenvalue weighted by Crippen LogP contribution is 2.26. The zero-order valence-electron chi connectivity index (χ0n) is 14.8. The summed E-state index contributed by atoms with van der Waals surface area (Å²) in [7, 11) is 0. The second-order valence-electron chi connectivity index (χ2n) is 6.12. The Hall–Kier alpha value is -3.18. The van der Waals surface area contributed by atoms with Crippen LogP contribution in [-0.2, 0) is 16.1 Å². The average Bonchev–Trinajstić information content (AvgIpc) is 3.09. The van der Waals surface area contributed by atoms with Gasteiger partial charge in [0.25, 0.3) is 0 Å². The van der Waals surface area contributed by atoms with Gasteiger partial charge >= 0.3 is 5.97 Å². The summed E-state index contributed by atoms with van der Waals surface area (Å²) in [6, 6.07) is 24.8. The molecule has 0 N–H and O–H groups in total. The maximum atomic E-state index is 12.2. The highest BCUT2D eigenvalue weighted by Gasteiger charge is 2.24. The third-order valence-corrected chi connectivity index (χ3v) is 4.97. The summed E-state index contributed by atoms with van der Waals surface area (Å²) in [5.41, 5.74) is 2.81. The fourth-order valence-corrected chi connectivity index (χ4v) is 3.16. The van der Waals surface area contributed by atoms with Crippen LogP contribution in [0.15, 0.2) is 94.0 Å². The van der Waals surface area contributed by atoms with Crippen molar-refractivity contribution in [3.63, 3.8) is 0 Å². The molecule has 0 spiro atoms. The number of halogens is 1. The van der Waals surface area contributed by atoms with E-state index in [4.69, 9.17) is 9.47 Å². The molecule has 5 heteroatoms. The van der Waals surface area contributed by atoms with Gasteiger partial charge in [-0.1, -0.05) is 70.5 Å². The largest absolute Gasteiger partial charge is 0.488 e. The van der Waals surface area contributed by atoms with E-state index in [-0.39, 0.29) is 5.70 Å². The first kappa shape index (κ1) is 18.2. The first-order valence-electron chi connectivity index (χ1n) is 8.74. The molecule has 1 heterocycles. The highest BCUT2D eigenvalue weighted by molar-refractivity contribution is 9.10. The van der Waals surface area contributed by atoms with Gasteiger partial charge in [0.2, 0.25) is 5.90 Å². The maximum Gasteiger partial charge on any atom is 0.363 e. The van der Waals surface area contributed by atoms with Gasteiger partial charge in [-0.2, -0.15) is 0 Å². The molecule has 0 aliphatic carbocycles. The molecule has 28 heavy (non-hydrogen) atoms. The number of cyclic esters (lactones) is 1. The van der Waals surface area contributed by atoms with Crippen LogP contribution >= 0.6 is 15.9 Å². The van der Waals surface area contributed by atoms with E-state index in [0.29, 0.717) is 18.3 Å². The van der Waals surface area contributed by atoms with E-state index in [2.05, 4.69) is 20.9 Å². The van der Waals surface area contributed by atoms with Gasteiger partial charge in [0.15, 0.2) is 5.70 Å². The molecule has 0 aromatic heterocycles. The van der Waals surface area contributed by atoms with Crippen LogP contribution in [-0.4, -0.2) is 11.9 Å². The number of esters is 1. The van der Waals surface area contributed by atoms with Crippen molar-refractivity contribution in [3.8, 4) is 5.75 Å². The fourth-order valence-electron chi connectivity index (χ4n) is 2.76. The number of carbonyl (C=O) groups is 1. The van der Waals surface area contributed by atoms with Gasteiger partial charge in [-0.3, -0.25) is 0 Å². The van der Waals surface area contributed by atoms with Crippen LogP contribution in [0.5, 0.6) is 5.75 Å². The van der Waals surface area contributed by atoms with Gasteiger partial charge < -0.3 is 9.47 Å². The number of hydrogen-bond acceptors (Lipinski definition) is 4. The second kappa shape index (κ2) is 8.23. The fraction of sp³-hybridized carbons (Fsp3) is 0.0435. The molecule has 0 unspecified atom stereocenters. The molecule has 4 nitrogen and oxygen atoms in total. The van der Waals surface area contributed by atoms with E-state index in [1.54, 1.807) is 6.08 Å². The first-order chi connectivity index (χ1) is 13.7. The van der Waals surface area contributed by atoms with Crippen molar-refractivity contribution >= 4 is 33.9 Å². The number of rotatable bonds is 5. The number of hydrogen-bond donors (Lipinski definition) is 0. The third-order valence-electron chi connectivity index (χ3n) is 4.19. The lowest BCUT2D eigenvalue weighted by Gasteiger charge is -2.10. The number of carbonyl (C=O) groups excluding carboxylic acids is 1.